The molecule has 7 nitrogen and oxygen atoms in total. The third kappa shape index (κ3) is 3.24. The molecule has 0 saturated carbocycles. The molecule has 1 saturated heterocycles. The summed E-state index contributed by atoms with van der Waals surface area (Å²) >= 11 is 0. The summed E-state index contributed by atoms with van der Waals surface area (Å²) in [6, 6.07) is 0.901. The molecule has 1 aliphatic heterocycles. The molecule has 2 amide bonds. The highest BCUT2D eigenvalue weighted by atomic mass is 16.4. The molecule has 0 unspecified atom stereocenters. The second-order valence-corrected chi connectivity index (χ2v) is 4.65. The van der Waals surface area contributed by atoms with Crippen LogP contribution in [0.5, 0.6) is 0 Å². The summed E-state index contributed by atoms with van der Waals surface area (Å²) in [6.07, 6.45) is 3.75. The van der Waals surface area contributed by atoms with Gasteiger partial charge in [-0.15, -0.1) is 0 Å². The molecule has 1 aromatic heterocycles. The first-order chi connectivity index (χ1) is 9.08. The lowest BCUT2D eigenvalue weighted by molar-refractivity contribution is -0.141. The molecule has 0 bridgehead atoms. The Hall–Kier alpha value is -2.05. The van der Waals surface area contributed by atoms with Gasteiger partial charge >= 0.3 is 12.0 Å². The SMILES string of the molecule is Cn1ccc(CCNC(=O)N2CCC[C@@H]2C(=O)O)n1. The van der Waals surface area contributed by atoms with Crippen molar-refractivity contribution in [2.24, 2.45) is 7.05 Å². The predicted octanol–water partition coefficient (Wildman–Crippen LogP) is 0.221. The number of urea groups is 1. The average molecular weight is 266 g/mol. The van der Waals surface area contributed by atoms with Crippen molar-refractivity contribution in [2.45, 2.75) is 25.3 Å². The highest BCUT2D eigenvalue weighted by Gasteiger charge is 2.33. The van der Waals surface area contributed by atoms with Crippen LogP contribution in [0.4, 0.5) is 4.79 Å². The third-order valence-corrected chi connectivity index (χ3v) is 3.22. The van der Waals surface area contributed by atoms with E-state index < -0.39 is 12.0 Å². The number of carboxylic acids is 1. The van der Waals surface area contributed by atoms with Crippen LogP contribution in [0.1, 0.15) is 18.5 Å². The number of amides is 2. The van der Waals surface area contributed by atoms with Crippen LogP contribution in [0, 0.1) is 0 Å². The van der Waals surface area contributed by atoms with E-state index in [-0.39, 0.29) is 6.03 Å². The van der Waals surface area contributed by atoms with Crippen molar-refractivity contribution >= 4 is 12.0 Å². The second kappa shape index (κ2) is 5.73. The Morgan fingerprint density at radius 3 is 3.00 bits per heavy atom. The normalized spacial score (nSPS) is 18.6. The van der Waals surface area contributed by atoms with Crippen LogP contribution in [0.3, 0.4) is 0 Å². The summed E-state index contributed by atoms with van der Waals surface area (Å²) in [6.45, 7) is 0.963. The number of likely N-dealkylation sites (tertiary alicyclic amines) is 1. The van der Waals surface area contributed by atoms with E-state index in [2.05, 4.69) is 10.4 Å². The van der Waals surface area contributed by atoms with E-state index >= 15 is 0 Å². The van der Waals surface area contributed by atoms with Crippen LogP contribution in [-0.2, 0) is 18.3 Å². The maximum Gasteiger partial charge on any atom is 0.326 e. The van der Waals surface area contributed by atoms with Crippen LogP contribution in [0.2, 0.25) is 0 Å². The Labute approximate surface area is 111 Å². The molecule has 19 heavy (non-hydrogen) atoms. The number of carbonyl (C=O) groups excluding carboxylic acids is 1. The molecule has 1 fully saturated rings. The number of carbonyl (C=O) groups is 2. The molecular weight excluding hydrogens is 248 g/mol. The largest absolute Gasteiger partial charge is 0.480 e. The molecule has 7 heteroatoms. The maximum atomic E-state index is 11.9. The van der Waals surface area contributed by atoms with Gasteiger partial charge in [-0.05, 0) is 18.9 Å². The number of aryl methyl sites for hydroxylation is 1. The van der Waals surface area contributed by atoms with Gasteiger partial charge in [-0.1, -0.05) is 0 Å². The summed E-state index contributed by atoms with van der Waals surface area (Å²) in [5.74, 6) is -0.933. The first kappa shape index (κ1) is 13.4. The van der Waals surface area contributed by atoms with Gasteiger partial charge in [0, 0.05) is 32.8 Å². The number of carboxylic acid groups (broad SMARTS) is 1. The van der Waals surface area contributed by atoms with E-state index in [9.17, 15) is 9.59 Å². The third-order valence-electron chi connectivity index (χ3n) is 3.22. The summed E-state index contributed by atoms with van der Waals surface area (Å²) in [5.41, 5.74) is 0.902. The van der Waals surface area contributed by atoms with E-state index in [1.807, 2.05) is 19.3 Å². The fraction of sp³-hybridized carbons (Fsp3) is 0.583. The Morgan fingerprint density at radius 2 is 2.37 bits per heavy atom. The molecular formula is C12H18N4O3. The Kier molecular flexibility index (Phi) is 4.03. The minimum atomic E-state index is -0.933. The first-order valence-electron chi connectivity index (χ1n) is 6.33. The van der Waals surface area contributed by atoms with Crippen molar-refractivity contribution < 1.29 is 14.7 Å². The lowest BCUT2D eigenvalue weighted by Crippen LogP contribution is -2.46. The lowest BCUT2D eigenvalue weighted by Gasteiger charge is -2.21. The van der Waals surface area contributed by atoms with Gasteiger partial charge < -0.3 is 15.3 Å². The van der Waals surface area contributed by atoms with E-state index in [1.54, 1.807) is 4.68 Å². The van der Waals surface area contributed by atoms with Crippen molar-refractivity contribution in [1.82, 2.24) is 20.0 Å². The van der Waals surface area contributed by atoms with E-state index in [0.29, 0.717) is 25.9 Å². The van der Waals surface area contributed by atoms with Gasteiger partial charge in [-0.25, -0.2) is 9.59 Å². The van der Waals surface area contributed by atoms with Gasteiger partial charge in [0.25, 0.3) is 0 Å². The molecule has 1 aliphatic rings. The Balaban J connectivity index is 1.79. The van der Waals surface area contributed by atoms with Crippen molar-refractivity contribution in [2.75, 3.05) is 13.1 Å². The fourth-order valence-corrected chi connectivity index (χ4v) is 2.26. The van der Waals surface area contributed by atoms with Gasteiger partial charge in [0.15, 0.2) is 0 Å². The standard InChI is InChI=1S/C12H18N4O3/c1-15-8-5-9(14-15)4-6-13-12(19)16-7-2-3-10(16)11(17)18/h5,8,10H,2-4,6-7H2,1H3,(H,13,19)(H,17,18)/t10-/m1/s1. The van der Waals surface area contributed by atoms with Crippen LogP contribution >= 0.6 is 0 Å². The fourth-order valence-electron chi connectivity index (χ4n) is 2.26. The van der Waals surface area contributed by atoms with Gasteiger partial charge in [-0.3, -0.25) is 4.68 Å². The zero-order valence-corrected chi connectivity index (χ0v) is 10.9. The van der Waals surface area contributed by atoms with E-state index in [0.717, 1.165) is 12.1 Å². The predicted molar refractivity (Wildman–Crippen MR) is 67.7 cm³/mol. The molecule has 0 radical (unpaired) electrons. The highest BCUT2D eigenvalue weighted by molar-refractivity contribution is 5.83. The molecule has 104 valence electrons. The molecule has 1 atom stereocenters. The van der Waals surface area contributed by atoms with Gasteiger partial charge in [0.1, 0.15) is 6.04 Å². The number of rotatable bonds is 4. The van der Waals surface area contributed by atoms with E-state index in [4.69, 9.17) is 5.11 Å². The van der Waals surface area contributed by atoms with Crippen molar-refractivity contribution in [3.63, 3.8) is 0 Å². The molecule has 0 spiro atoms. The van der Waals surface area contributed by atoms with Crippen LogP contribution in [0.25, 0.3) is 0 Å². The van der Waals surface area contributed by atoms with Crippen molar-refractivity contribution in [1.29, 1.82) is 0 Å². The molecule has 0 aliphatic carbocycles. The zero-order chi connectivity index (χ0) is 13.8. The average Bonchev–Trinajstić information content (AvgIpc) is 2.97. The van der Waals surface area contributed by atoms with Crippen LogP contribution < -0.4 is 5.32 Å². The minimum absolute atomic E-state index is 0.305. The number of hydrogen-bond donors (Lipinski definition) is 2. The molecule has 2 heterocycles. The topological polar surface area (TPSA) is 87.5 Å². The lowest BCUT2D eigenvalue weighted by atomic mass is 10.2. The van der Waals surface area contributed by atoms with Crippen molar-refractivity contribution in [3.05, 3.63) is 18.0 Å². The second-order valence-electron chi connectivity index (χ2n) is 4.65. The quantitative estimate of drug-likeness (QED) is 0.816. The number of nitrogens with zero attached hydrogens (tertiary/aromatic N) is 3. The monoisotopic (exact) mass is 266 g/mol. The minimum Gasteiger partial charge on any atom is -0.480 e. The number of nitrogens with one attached hydrogen (secondary N) is 1. The number of aliphatic carboxylic acids is 1. The summed E-state index contributed by atoms with van der Waals surface area (Å²) < 4.78 is 1.71. The number of aromatic nitrogens is 2. The molecule has 0 aromatic carbocycles. The molecule has 2 rings (SSSR count). The molecule has 1 aromatic rings. The summed E-state index contributed by atoms with van der Waals surface area (Å²) in [4.78, 5) is 24.3. The van der Waals surface area contributed by atoms with Crippen LogP contribution in [0.15, 0.2) is 12.3 Å². The first-order valence-corrected chi connectivity index (χ1v) is 6.33. The smallest absolute Gasteiger partial charge is 0.326 e. The van der Waals surface area contributed by atoms with E-state index in [1.165, 1.54) is 4.90 Å². The Bertz CT molecular complexity index is 471. The van der Waals surface area contributed by atoms with Gasteiger partial charge in [0.2, 0.25) is 0 Å². The van der Waals surface area contributed by atoms with Crippen LogP contribution in [-0.4, -0.2) is 50.9 Å². The molecule has 2 N–H and O–H groups in total. The van der Waals surface area contributed by atoms with Crippen molar-refractivity contribution in [3.8, 4) is 0 Å². The zero-order valence-electron chi connectivity index (χ0n) is 10.9. The summed E-state index contributed by atoms with van der Waals surface area (Å²) in [7, 11) is 1.84. The van der Waals surface area contributed by atoms with Gasteiger partial charge in [0.05, 0.1) is 5.69 Å². The Morgan fingerprint density at radius 1 is 1.58 bits per heavy atom. The number of hydrogen-bond acceptors (Lipinski definition) is 3. The van der Waals surface area contributed by atoms with Gasteiger partial charge in [-0.2, -0.15) is 5.10 Å². The highest BCUT2D eigenvalue weighted by Crippen LogP contribution is 2.17. The maximum absolute atomic E-state index is 11.9. The summed E-state index contributed by atoms with van der Waals surface area (Å²) in [5, 5.41) is 16.0.